The van der Waals surface area contributed by atoms with Gasteiger partial charge in [0, 0.05) is 34.4 Å². The van der Waals surface area contributed by atoms with E-state index in [2.05, 4.69) is 51.8 Å². The summed E-state index contributed by atoms with van der Waals surface area (Å²) in [6.45, 7) is 10.9. The van der Waals surface area contributed by atoms with Gasteiger partial charge in [-0.05, 0) is 113 Å². The molecule has 0 spiro atoms. The predicted octanol–water partition coefficient (Wildman–Crippen LogP) is 6.50. The standard InChI is InChI=1S/C28H37ClN4/c1-3-13-32-14-10-23(11-15-32)33-16-8-20(9-17-33)21-5-6-26-25(18-21)24(4-2)28(31-26)22-7-12-30-27(29)19-22/h5-7,12,18-20,23,31H,3-4,8-11,13-17H2,1-2H3. The van der Waals surface area contributed by atoms with Gasteiger partial charge in [0.2, 0.25) is 0 Å². The largest absolute Gasteiger partial charge is 0.354 e. The van der Waals surface area contributed by atoms with Gasteiger partial charge < -0.3 is 14.8 Å². The Hall–Kier alpha value is -1.88. The number of nitrogens with zero attached hydrogens (tertiary/aromatic N) is 3. The van der Waals surface area contributed by atoms with E-state index in [9.17, 15) is 0 Å². The second-order valence-electron chi connectivity index (χ2n) is 9.89. The highest BCUT2D eigenvalue weighted by molar-refractivity contribution is 6.29. The first-order chi connectivity index (χ1) is 16.2. The third-order valence-electron chi connectivity index (χ3n) is 7.91. The summed E-state index contributed by atoms with van der Waals surface area (Å²) >= 11 is 6.17. The third kappa shape index (κ3) is 4.84. The van der Waals surface area contributed by atoms with E-state index in [1.54, 1.807) is 6.20 Å². The summed E-state index contributed by atoms with van der Waals surface area (Å²) in [7, 11) is 0. The Labute approximate surface area is 203 Å². The molecule has 5 heteroatoms. The minimum absolute atomic E-state index is 0.539. The van der Waals surface area contributed by atoms with E-state index in [-0.39, 0.29) is 0 Å². The fourth-order valence-corrected chi connectivity index (χ4v) is 6.29. The first-order valence-electron chi connectivity index (χ1n) is 12.9. The van der Waals surface area contributed by atoms with Crippen molar-refractivity contribution >= 4 is 22.5 Å². The quantitative estimate of drug-likeness (QED) is 0.423. The molecule has 0 unspecified atom stereocenters. The van der Waals surface area contributed by atoms with Crippen molar-refractivity contribution in [2.45, 2.75) is 64.3 Å². The molecule has 0 atom stereocenters. The number of halogens is 1. The van der Waals surface area contributed by atoms with E-state index in [4.69, 9.17) is 11.6 Å². The van der Waals surface area contributed by atoms with Crippen molar-refractivity contribution in [1.29, 1.82) is 0 Å². The maximum absolute atomic E-state index is 6.17. The Bertz CT molecular complexity index is 1070. The highest BCUT2D eigenvalue weighted by Crippen LogP contribution is 2.36. The zero-order chi connectivity index (χ0) is 22.8. The van der Waals surface area contributed by atoms with E-state index in [1.165, 1.54) is 92.6 Å². The van der Waals surface area contributed by atoms with Gasteiger partial charge in [-0.3, -0.25) is 0 Å². The molecular weight excluding hydrogens is 428 g/mol. The average Bonchev–Trinajstić information content (AvgIpc) is 3.23. The first kappa shape index (κ1) is 22.9. The lowest BCUT2D eigenvalue weighted by Crippen LogP contribution is -2.47. The normalized spacial score (nSPS) is 19.5. The van der Waals surface area contributed by atoms with Crippen molar-refractivity contribution in [3.8, 4) is 11.3 Å². The van der Waals surface area contributed by atoms with Gasteiger partial charge in [-0.15, -0.1) is 0 Å². The lowest BCUT2D eigenvalue weighted by molar-refractivity contribution is 0.0874. The van der Waals surface area contributed by atoms with Crippen LogP contribution in [0.4, 0.5) is 0 Å². The number of pyridine rings is 1. The maximum atomic E-state index is 6.17. The number of hydrogen-bond acceptors (Lipinski definition) is 3. The molecule has 2 fully saturated rings. The number of piperidine rings is 2. The fourth-order valence-electron chi connectivity index (χ4n) is 6.11. The number of hydrogen-bond donors (Lipinski definition) is 1. The highest BCUT2D eigenvalue weighted by atomic mass is 35.5. The van der Waals surface area contributed by atoms with Gasteiger partial charge in [-0.1, -0.05) is 31.5 Å². The summed E-state index contributed by atoms with van der Waals surface area (Å²) in [6.07, 6.45) is 9.31. The second kappa shape index (κ2) is 10.2. The molecule has 0 radical (unpaired) electrons. The molecule has 4 nitrogen and oxygen atoms in total. The van der Waals surface area contributed by atoms with Crippen LogP contribution >= 0.6 is 11.6 Å². The molecular formula is C28H37ClN4. The molecule has 1 N–H and O–H groups in total. The van der Waals surface area contributed by atoms with Gasteiger partial charge in [-0.2, -0.15) is 0 Å². The Morgan fingerprint density at radius 2 is 1.79 bits per heavy atom. The van der Waals surface area contributed by atoms with Gasteiger partial charge in [0.25, 0.3) is 0 Å². The summed E-state index contributed by atoms with van der Waals surface area (Å²) in [4.78, 5) is 13.2. The SMILES string of the molecule is CCCN1CCC(N2CCC(c3ccc4[nH]c(-c5ccnc(Cl)c5)c(CC)c4c3)CC2)CC1. The summed E-state index contributed by atoms with van der Waals surface area (Å²) in [5, 5.41) is 1.90. The van der Waals surface area contributed by atoms with Crippen molar-refractivity contribution in [1.82, 2.24) is 19.8 Å². The predicted molar refractivity (Wildman–Crippen MR) is 139 cm³/mol. The van der Waals surface area contributed by atoms with Crippen LogP contribution in [0.2, 0.25) is 5.15 Å². The van der Waals surface area contributed by atoms with Crippen LogP contribution in [0.15, 0.2) is 36.5 Å². The topological polar surface area (TPSA) is 35.2 Å². The lowest BCUT2D eigenvalue weighted by atomic mass is 9.87. The molecule has 0 saturated carbocycles. The number of aromatic amines is 1. The van der Waals surface area contributed by atoms with Gasteiger partial charge in [-0.25, -0.2) is 4.98 Å². The van der Waals surface area contributed by atoms with E-state index in [1.807, 2.05) is 12.1 Å². The van der Waals surface area contributed by atoms with Gasteiger partial charge in [0.05, 0.1) is 0 Å². The lowest BCUT2D eigenvalue weighted by Gasteiger charge is -2.42. The zero-order valence-corrected chi connectivity index (χ0v) is 20.9. The smallest absolute Gasteiger partial charge is 0.129 e. The molecule has 5 rings (SSSR count). The molecule has 2 aliphatic heterocycles. The first-order valence-corrected chi connectivity index (χ1v) is 13.3. The molecule has 33 heavy (non-hydrogen) atoms. The Kier molecular flexibility index (Phi) is 7.05. The molecule has 1 aromatic carbocycles. The van der Waals surface area contributed by atoms with Crippen LogP contribution in [0.3, 0.4) is 0 Å². The number of fused-ring (bicyclic) bond motifs is 1. The van der Waals surface area contributed by atoms with Crippen LogP contribution in [0, 0.1) is 0 Å². The average molecular weight is 465 g/mol. The molecule has 2 saturated heterocycles. The van der Waals surface area contributed by atoms with E-state index in [0.717, 1.165) is 18.0 Å². The zero-order valence-electron chi connectivity index (χ0n) is 20.1. The van der Waals surface area contributed by atoms with Crippen molar-refractivity contribution in [3.63, 3.8) is 0 Å². The number of aromatic nitrogens is 2. The molecule has 176 valence electrons. The molecule has 0 bridgehead atoms. The summed E-state index contributed by atoms with van der Waals surface area (Å²) in [5.41, 5.74) is 6.40. The number of aryl methyl sites for hydroxylation is 1. The van der Waals surface area contributed by atoms with E-state index in [0.29, 0.717) is 11.1 Å². The summed E-state index contributed by atoms with van der Waals surface area (Å²) < 4.78 is 0. The number of H-pyrrole nitrogens is 1. The Morgan fingerprint density at radius 3 is 2.48 bits per heavy atom. The van der Waals surface area contributed by atoms with E-state index >= 15 is 0 Å². The van der Waals surface area contributed by atoms with Crippen molar-refractivity contribution in [2.24, 2.45) is 0 Å². The van der Waals surface area contributed by atoms with Crippen LogP contribution in [-0.2, 0) is 6.42 Å². The second-order valence-corrected chi connectivity index (χ2v) is 10.3. The van der Waals surface area contributed by atoms with Crippen LogP contribution in [-0.4, -0.2) is 58.5 Å². The van der Waals surface area contributed by atoms with Crippen LogP contribution in [0.25, 0.3) is 22.2 Å². The van der Waals surface area contributed by atoms with Gasteiger partial charge in [0.15, 0.2) is 0 Å². The number of nitrogens with one attached hydrogen (secondary N) is 1. The maximum Gasteiger partial charge on any atom is 0.129 e. The molecule has 0 aliphatic carbocycles. The molecule has 0 amide bonds. The Morgan fingerprint density at radius 1 is 1.00 bits per heavy atom. The van der Waals surface area contributed by atoms with Gasteiger partial charge >= 0.3 is 0 Å². The summed E-state index contributed by atoms with van der Waals surface area (Å²) in [5.74, 6) is 0.671. The molecule has 4 heterocycles. The highest BCUT2D eigenvalue weighted by Gasteiger charge is 2.28. The van der Waals surface area contributed by atoms with Crippen molar-refractivity contribution in [2.75, 3.05) is 32.7 Å². The van der Waals surface area contributed by atoms with Crippen LogP contribution in [0.1, 0.15) is 63.0 Å². The van der Waals surface area contributed by atoms with Crippen LogP contribution in [0.5, 0.6) is 0 Å². The third-order valence-corrected chi connectivity index (χ3v) is 8.12. The van der Waals surface area contributed by atoms with Crippen LogP contribution < -0.4 is 0 Å². The molecule has 2 aromatic heterocycles. The fraction of sp³-hybridized carbons (Fsp3) is 0.536. The Balaban J connectivity index is 1.29. The molecule has 2 aliphatic rings. The minimum Gasteiger partial charge on any atom is -0.354 e. The number of benzene rings is 1. The van der Waals surface area contributed by atoms with E-state index < -0.39 is 0 Å². The van der Waals surface area contributed by atoms with Crippen molar-refractivity contribution < 1.29 is 0 Å². The molecule has 3 aromatic rings. The summed E-state index contributed by atoms with van der Waals surface area (Å²) in [6, 6.07) is 11.9. The minimum atomic E-state index is 0.539. The van der Waals surface area contributed by atoms with Gasteiger partial charge in [0.1, 0.15) is 5.15 Å². The monoisotopic (exact) mass is 464 g/mol. The van der Waals surface area contributed by atoms with Crippen molar-refractivity contribution in [3.05, 3.63) is 52.8 Å². The number of rotatable bonds is 6. The number of likely N-dealkylation sites (tertiary alicyclic amines) is 2.